The number of carbonyl (C=O) groups is 7. The molecule has 0 saturated carbocycles. The summed E-state index contributed by atoms with van der Waals surface area (Å²) in [6, 6.07) is 0. The molecule has 6 rings (SSSR count). The first-order chi connectivity index (χ1) is 33.2. The fourth-order valence-corrected chi connectivity index (χ4v) is 8.73. The Morgan fingerprint density at radius 1 is 0.571 bits per heavy atom. The molecule has 2 bridgehead atoms. The predicted octanol–water partition coefficient (Wildman–Crippen LogP) is -1.23. The molecule has 27 nitrogen and oxygen atoms in total. The van der Waals surface area contributed by atoms with E-state index in [2.05, 4.69) is 0 Å². The number of methoxy groups -OCH3 is 5. The van der Waals surface area contributed by atoms with E-state index in [9.17, 15) is 38.7 Å². The van der Waals surface area contributed by atoms with Crippen molar-refractivity contribution in [3.8, 4) is 0 Å². The van der Waals surface area contributed by atoms with Gasteiger partial charge in [-0.25, -0.2) is 4.79 Å². The maximum Gasteiger partial charge on any atom is 0.341 e. The van der Waals surface area contributed by atoms with Crippen LogP contribution in [0.3, 0.4) is 0 Å². The van der Waals surface area contributed by atoms with Crippen LogP contribution in [0, 0.1) is 0 Å². The Bertz CT molecular complexity index is 1910. The summed E-state index contributed by atoms with van der Waals surface area (Å²) in [6.45, 7) is 6.80. The van der Waals surface area contributed by atoms with Gasteiger partial charge in [-0.1, -0.05) is 6.92 Å². The van der Waals surface area contributed by atoms with Gasteiger partial charge in [0, 0.05) is 70.0 Å². The Kier molecular flexibility index (Phi) is 19.7. The molecule has 0 radical (unpaired) electrons. The second kappa shape index (κ2) is 24.5. The van der Waals surface area contributed by atoms with Crippen molar-refractivity contribution in [3.05, 3.63) is 11.5 Å². The van der Waals surface area contributed by atoms with Gasteiger partial charge in [0.25, 0.3) is 0 Å². The summed E-state index contributed by atoms with van der Waals surface area (Å²) in [6.07, 6.45) is -25.1. The molecule has 4 saturated heterocycles. The Balaban J connectivity index is 1.54. The quantitative estimate of drug-likeness (QED) is 0.110. The van der Waals surface area contributed by atoms with E-state index in [1.807, 2.05) is 0 Å². The van der Waals surface area contributed by atoms with Crippen LogP contribution >= 0.6 is 0 Å². The molecule has 6 heterocycles. The lowest BCUT2D eigenvalue weighted by molar-refractivity contribution is -0.375. The van der Waals surface area contributed by atoms with E-state index in [4.69, 9.17) is 90.0 Å². The van der Waals surface area contributed by atoms with Crippen molar-refractivity contribution in [2.45, 2.75) is 165 Å². The van der Waals surface area contributed by atoms with Gasteiger partial charge in [0.05, 0.1) is 7.11 Å². The number of hydrogen-bond acceptors (Lipinski definition) is 27. The molecule has 0 aliphatic carbocycles. The lowest BCUT2D eigenvalue weighted by atomic mass is 9.84. The van der Waals surface area contributed by atoms with Crippen LogP contribution in [0.1, 0.15) is 54.9 Å². The number of esters is 7. The van der Waals surface area contributed by atoms with E-state index in [0.29, 0.717) is 0 Å². The predicted molar refractivity (Wildman–Crippen MR) is 221 cm³/mol. The van der Waals surface area contributed by atoms with Gasteiger partial charge in [-0.2, -0.15) is 0 Å². The maximum atomic E-state index is 13.3. The summed E-state index contributed by atoms with van der Waals surface area (Å²) in [5.41, 5.74) is -2.09. The number of fused-ring (bicyclic) bond motifs is 3. The van der Waals surface area contributed by atoms with Gasteiger partial charge in [-0.05, 0) is 6.42 Å². The molecule has 6 aliphatic heterocycles. The van der Waals surface area contributed by atoms with Gasteiger partial charge in [-0.3, -0.25) is 28.8 Å². The van der Waals surface area contributed by atoms with Crippen molar-refractivity contribution in [3.63, 3.8) is 0 Å². The molecule has 6 aliphatic rings. The van der Waals surface area contributed by atoms with E-state index in [1.165, 1.54) is 28.4 Å². The van der Waals surface area contributed by atoms with Crippen LogP contribution in [-0.4, -0.2) is 212 Å². The molecule has 1 N–H and O–H groups in total. The first-order valence-corrected chi connectivity index (χ1v) is 22.0. The Morgan fingerprint density at radius 2 is 1.06 bits per heavy atom. The van der Waals surface area contributed by atoms with E-state index < -0.39 is 165 Å². The van der Waals surface area contributed by atoms with E-state index >= 15 is 0 Å². The zero-order valence-corrected chi connectivity index (χ0v) is 40.7. The van der Waals surface area contributed by atoms with Gasteiger partial charge in [0.2, 0.25) is 18.7 Å². The Labute approximate surface area is 401 Å². The molecular formula is C43H62O27. The third kappa shape index (κ3) is 12.4. The highest BCUT2D eigenvalue weighted by molar-refractivity contribution is 5.80. The standard InChI is InChI=1S/C43H62O27/c1-13-43(42(51)56-12)37(50)32(53-9)33(54-10)41(70-43)69-28-24(15-58-18(3)45)66-40(36(63-22(7)49)31(28)61-20(5)47)67-26-25-16-59-34(29(26)52-8)39(65-25)68-27-23(14-57-17(2)44)64-38(55-11)35(62-21(6)48)30(27)60-19(4)46/h23-24,27-41,50H,13-16H2,1-12H3/t23?,24?,27-,28-,29?,30?,31?,32?,33?,34?,35?,36?,37+,38+,39+,40+,41-,43?/m1/s1. The van der Waals surface area contributed by atoms with Crippen LogP contribution in [-0.2, 0) is 124 Å². The molecule has 70 heavy (non-hydrogen) atoms. The third-order valence-electron chi connectivity index (χ3n) is 11.7. The van der Waals surface area contributed by atoms with Gasteiger partial charge < -0.3 is 95.1 Å². The molecule has 396 valence electrons. The summed E-state index contributed by atoms with van der Waals surface area (Å²) in [5.74, 6) is -6.06. The van der Waals surface area contributed by atoms with Crippen molar-refractivity contribution in [1.82, 2.24) is 0 Å². The Hall–Kier alpha value is -4.81. The van der Waals surface area contributed by atoms with Crippen molar-refractivity contribution in [2.24, 2.45) is 0 Å². The number of hydrogen-bond donors (Lipinski definition) is 1. The Morgan fingerprint density at radius 3 is 1.50 bits per heavy atom. The minimum atomic E-state index is -2.09. The van der Waals surface area contributed by atoms with Crippen molar-refractivity contribution in [1.29, 1.82) is 0 Å². The monoisotopic (exact) mass is 1010 g/mol. The van der Waals surface area contributed by atoms with Gasteiger partial charge in [0.15, 0.2) is 60.2 Å². The molecule has 0 spiro atoms. The minimum Gasteiger partial charge on any atom is -0.467 e. The number of aliphatic hydroxyl groups is 1. The lowest BCUT2D eigenvalue weighted by Gasteiger charge is -2.51. The van der Waals surface area contributed by atoms with E-state index in [-0.39, 0.29) is 24.5 Å². The lowest BCUT2D eigenvalue weighted by Crippen LogP contribution is -2.70. The molecule has 0 aromatic rings. The highest BCUT2D eigenvalue weighted by atomic mass is 16.8. The maximum absolute atomic E-state index is 13.3. The fourth-order valence-electron chi connectivity index (χ4n) is 8.73. The topological polar surface area (TPSA) is 315 Å². The first-order valence-electron chi connectivity index (χ1n) is 22.0. The van der Waals surface area contributed by atoms with Crippen LogP contribution < -0.4 is 0 Å². The highest BCUT2D eigenvalue weighted by Crippen LogP contribution is 2.43. The summed E-state index contributed by atoms with van der Waals surface area (Å²) in [4.78, 5) is 88.2. The molecule has 0 amide bonds. The van der Waals surface area contributed by atoms with Gasteiger partial charge in [-0.15, -0.1) is 0 Å². The normalized spacial score (nSPS) is 37.0. The summed E-state index contributed by atoms with van der Waals surface area (Å²) in [7, 11) is 6.13. The number of ether oxygens (including phenoxy) is 19. The molecule has 11 unspecified atom stereocenters. The molecule has 18 atom stereocenters. The summed E-state index contributed by atoms with van der Waals surface area (Å²) < 4.78 is 111. The van der Waals surface area contributed by atoms with Crippen LogP contribution in [0.25, 0.3) is 0 Å². The fraction of sp³-hybridized carbons (Fsp3) is 0.791. The van der Waals surface area contributed by atoms with Crippen molar-refractivity contribution >= 4 is 41.8 Å². The van der Waals surface area contributed by atoms with Gasteiger partial charge in [0.1, 0.15) is 62.5 Å². The van der Waals surface area contributed by atoms with Crippen LogP contribution in [0.15, 0.2) is 11.5 Å². The van der Waals surface area contributed by atoms with Crippen molar-refractivity contribution < 1.29 is 129 Å². The SMILES string of the molecule is CCC1(C(=O)OC)O[C@@H](O[C@@H]2C(COC(C)=O)O[C@@H](OC3=C4COC(C3OC)[C@H](O[C@@H]3C(COC(C)=O)O[C@H](OC)C(OC(C)=O)C3OC(C)=O)O4)C(OC(C)=O)C2OC(C)=O)C(OC)C(OC)[C@@H]1O. The minimum absolute atomic E-state index is 0.0755. The zero-order valence-electron chi connectivity index (χ0n) is 40.7. The smallest absolute Gasteiger partial charge is 0.341 e. The average Bonchev–Trinajstić information content (AvgIpc) is 3.30. The van der Waals surface area contributed by atoms with E-state index in [0.717, 1.165) is 48.7 Å². The average molecular weight is 1010 g/mol. The second-order valence-electron chi connectivity index (χ2n) is 16.3. The molecule has 0 aromatic heterocycles. The molecule has 27 heteroatoms. The first kappa shape index (κ1) is 56.1. The van der Waals surface area contributed by atoms with Crippen LogP contribution in [0.5, 0.6) is 0 Å². The van der Waals surface area contributed by atoms with Crippen LogP contribution in [0.4, 0.5) is 0 Å². The molecule has 4 fully saturated rings. The highest BCUT2D eigenvalue weighted by Gasteiger charge is 2.63. The molecular weight excluding hydrogens is 948 g/mol. The largest absolute Gasteiger partial charge is 0.467 e. The second-order valence-corrected chi connectivity index (χ2v) is 16.3. The molecule has 0 aromatic carbocycles. The van der Waals surface area contributed by atoms with Crippen molar-refractivity contribution in [2.75, 3.05) is 55.4 Å². The van der Waals surface area contributed by atoms with Crippen LogP contribution in [0.2, 0.25) is 0 Å². The zero-order chi connectivity index (χ0) is 51.8. The number of rotatable bonds is 20. The summed E-state index contributed by atoms with van der Waals surface area (Å²) >= 11 is 0. The summed E-state index contributed by atoms with van der Waals surface area (Å²) in [5, 5.41) is 11.4. The number of carbonyl (C=O) groups excluding carboxylic acids is 7. The number of aliphatic hydroxyl groups excluding tert-OH is 1. The van der Waals surface area contributed by atoms with E-state index in [1.54, 1.807) is 6.92 Å². The van der Waals surface area contributed by atoms with Gasteiger partial charge >= 0.3 is 41.8 Å². The third-order valence-corrected chi connectivity index (χ3v) is 11.7.